The number of ether oxygens (including phenoxy) is 1. The maximum absolute atomic E-state index is 11.8. The van der Waals surface area contributed by atoms with Crippen LogP contribution in [-0.2, 0) is 4.74 Å². The van der Waals surface area contributed by atoms with Crippen molar-refractivity contribution in [3.05, 3.63) is 35.4 Å². The Morgan fingerprint density at radius 3 is 2.67 bits per heavy atom. The van der Waals surface area contributed by atoms with E-state index in [-0.39, 0.29) is 11.3 Å². The van der Waals surface area contributed by atoms with E-state index in [1.54, 1.807) is 0 Å². The van der Waals surface area contributed by atoms with E-state index in [2.05, 4.69) is 26.8 Å². The van der Waals surface area contributed by atoms with E-state index in [1.165, 1.54) is 23.8 Å². The van der Waals surface area contributed by atoms with Gasteiger partial charge in [-0.05, 0) is 51.2 Å². The Morgan fingerprint density at radius 2 is 2.00 bits per heavy atom. The predicted molar refractivity (Wildman–Crippen MR) is 82.5 cm³/mol. The molecule has 0 aliphatic carbocycles. The second-order valence-electron chi connectivity index (χ2n) is 5.56. The standard InChI is InChI=1S/C17H24O4/c1-12(2)6-4-7-13(3)10-11-21-17(20)14-8-5-9-15(18)16(14)19/h5-6,8-9,13,18-19H,4,7,10-11H2,1-3H3/t13-/m0/s1. The molecule has 0 amide bonds. The van der Waals surface area contributed by atoms with E-state index in [9.17, 15) is 15.0 Å². The number of aromatic hydroxyl groups is 2. The van der Waals surface area contributed by atoms with Gasteiger partial charge in [-0.25, -0.2) is 4.79 Å². The van der Waals surface area contributed by atoms with Crippen LogP contribution in [0, 0.1) is 5.92 Å². The molecule has 0 bridgehead atoms. The summed E-state index contributed by atoms with van der Waals surface area (Å²) in [5.41, 5.74) is 1.31. The number of carbonyl (C=O) groups is 1. The highest BCUT2D eigenvalue weighted by molar-refractivity contribution is 5.93. The highest BCUT2D eigenvalue weighted by Gasteiger charge is 2.15. The van der Waals surface area contributed by atoms with E-state index >= 15 is 0 Å². The molecule has 0 saturated carbocycles. The molecule has 1 rings (SSSR count). The Hall–Kier alpha value is -1.97. The molecule has 0 heterocycles. The lowest BCUT2D eigenvalue weighted by Crippen LogP contribution is -2.09. The number of rotatable bonds is 7. The Bertz CT molecular complexity index is 502. The molecule has 0 fully saturated rings. The number of para-hydroxylation sites is 1. The van der Waals surface area contributed by atoms with Crippen molar-refractivity contribution in [3.8, 4) is 11.5 Å². The minimum Gasteiger partial charge on any atom is -0.504 e. The lowest BCUT2D eigenvalue weighted by atomic mass is 10.0. The topological polar surface area (TPSA) is 66.8 Å². The van der Waals surface area contributed by atoms with E-state index in [0.29, 0.717) is 12.5 Å². The zero-order valence-corrected chi connectivity index (χ0v) is 12.9. The first kappa shape index (κ1) is 17.1. The van der Waals surface area contributed by atoms with E-state index in [4.69, 9.17) is 4.74 Å². The van der Waals surface area contributed by atoms with Gasteiger partial charge in [-0.1, -0.05) is 24.6 Å². The Kier molecular flexibility index (Phi) is 6.79. The van der Waals surface area contributed by atoms with Crippen LogP contribution in [0.3, 0.4) is 0 Å². The average molecular weight is 292 g/mol. The molecule has 0 spiro atoms. The normalized spacial score (nSPS) is 11.8. The zero-order chi connectivity index (χ0) is 15.8. The van der Waals surface area contributed by atoms with Crippen LogP contribution in [0.25, 0.3) is 0 Å². The monoisotopic (exact) mass is 292 g/mol. The summed E-state index contributed by atoms with van der Waals surface area (Å²) in [6.45, 7) is 6.59. The van der Waals surface area contributed by atoms with Crippen molar-refractivity contribution >= 4 is 5.97 Å². The van der Waals surface area contributed by atoms with Crippen molar-refractivity contribution in [1.29, 1.82) is 0 Å². The third-order valence-corrected chi connectivity index (χ3v) is 3.29. The predicted octanol–water partition coefficient (Wildman–Crippen LogP) is 4.03. The summed E-state index contributed by atoms with van der Waals surface area (Å²) in [5.74, 6) is -0.898. The van der Waals surface area contributed by atoms with E-state index < -0.39 is 11.7 Å². The summed E-state index contributed by atoms with van der Waals surface area (Å²) >= 11 is 0. The van der Waals surface area contributed by atoms with Crippen molar-refractivity contribution in [3.63, 3.8) is 0 Å². The second-order valence-corrected chi connectivity index (χ2v) is 5.56. The summed E-state index contributed by atoms with van der Waals surface area (Å²) in [7, 11) is 0. The van der Waals surface area contributed by atoms with E-state index in [1.807, 2.05) is 0 Å². The smallest absolute Gasteiger partial charge is 0.342 e. The number of benzene rings is 1. The fourth-order valence-corrected chi connectivity index (χ4v) is 1.93. The molecule has 1 atom stereocenters. The maximum atomic E-state index is 11.8. The Balaban J connectivity index is 2.37. The van der Waals surface area contributed by atoms with Gasteiger partial charge in [-0.2, -0.15) is 0 Å². The van der Waals surface area contributed by atoms with Crippen LogP contribution in [0.1, 0.15) is 50.4 Å². The zero-order valence-electron chi connectivity index (χ0n) is 12.9. The first-order valence-electron chi connectivity index (χ1n) is 7.23. The quantitative estimate of drug-likeness (QED) is 0.452. The van der Waals surface area contributed by atoms with Crippen LogP contribution < -0.4 is 0 Å². The molecular weight excluding hydrogens is 268 g/mol. The first-order chi connectivity index (χ1) is 9.91. The Morgan fingerprint density at radius 1 is 1.29 bits per heavy atom. The molecule has 0 aliphatic rings. The third kappa shape index (κ3) is 5.90. The van der Waals surface area contributed by atoms with Crippen molar-refractivity contribution in [2.45, 2.75) is 40.0 Å². The van der Waals surface area contributed by atoms with Crippen LogP contribution in [0.2, 0.25) is 0 Å². The fourth-order valence-electron chi connectivity index (χ4n) is 1.93. The van der Waals surface area contributed by atoms with Gasteiger partial charge in [0.05, 0.1) is 6.61 Å². The van der Waals surface area contributed by atoms with Crippen LogP contribution >= 0.6 is 0 Å². The summed E-state index contributed by atoms with van der Waals surface area (Å²) in [6.07, 6.45) is 5.07. The van der Waals surface area contributed by atoms with Gasteiger partial charge < -0.3 is 14.9 Å². The van der Waals surface area contributed by atoms with Gasteiger partial charge in [0.2, 0.25) is 0 Å². The molecule has 1 aromatic rings. The van der Waals surface area contributed by atoms with Crippen molar-refractivity contribution in [2.75, 3.05) is 6.61 Å². The average Bonchev–Trinajstić information content (AvgIpc) is 2.41. The van der Waals surface area contributed by atoms with Crippen LogP contribution in [0.4, 0.5) is 0 Å². The highest BCUT2D eigenvalue weighted by Crippen LogP contribution is 2.28. The molecule has 4 nitrogen and oxygen atoms in total. The minimum absolute atomic E-state index is 0.00723. The number of hydrogen-bond donors (Lipinski definition) is 2. The highest BCUT2D eigenvalue weighted by atomic mass is 16.5. The molecule has 0 saturated heterocycles. The number of carbonyl (C=O) groups excluding carboxylic acids is 1. The number of phenols is 2. The maximum Gasteiger partial charge on any atom is 0.342 e. The minimum atomic E-state index is -0.611. The summed E-state index contributed by atoms with van der Waals surface area (Å²) < 4.78 is 5.14. The molecule has 0 radical (unpaired) electrons. The van der Waals surface area contributed by atoms with Crippen LogP contribution in [0.5, 0.6) is 11.5 Å². The lowest BCUT2D eigenvalue weighted by Gasteiger charge is -2.11. The summed E-state index contributed by atoms with van der Waals surface area (Å²) in [5, 5.41) is 18.9. The van der Waals surface area contributed by atoms with Gasteiger partial charge >= 0.3 is 5.97 Å². The molecule has 0 aliphatic heterocycles. The van der Waals surface area contributed by atoms with Gasteiger partial charge in [0.25, 0.3) is 0 Å². The Labute approximate surface area is 126 Å². The van der Waals surface area contributed by atoms with Crippen molar-refractivity contribution in [2.24, 2.45) is 5.92 Å². The number of allylic oxidation sites excluding steroid dienone is 2. The molecule has 1 aromatic carbocycles. The van der Waals surface area contributed by atoms with Gasteiger partial charge in [0.15, 0.2) is 11.5 Å². The van der Waals surface area contributed by atoms with Gasteiger partial charge in [-0.15, -0.1) is 0 Å². The second kappa shape index (κ2) is 8.35. The third-order valence-electron chi connectivity index (χ3n) is 3.29. The van der Waals surface area contributed by atoms with Crippen LogP contribution in [0.15, 0.2) is 29.8 Å². The molecular formula is C17H24O4. The lowest BCUT2D eigenvalue weighted by molar-refractivity contribution is 0.0480. The molecule has 21 heavy (non-hydrogen) atoms. The largest absolute Gasteiger partial charge is 0.504 e. The van der Waals surface area contributed by atoms with Crippen molar-refractivity contribution in [1.82, 2.24) is 0 Å². The summed E-state index contributed by atoms with van der Waals surface area (Å²) in [4.78, 5) is 11.8. The fraction of sp³-hybridized carbons (Fsp3) is 0.471. The van der Waals surface area contributed by atoms with Gasteiger partial charge in [0, 0.05) is 0 Å². The molecule has 4 heteroatoms. The molecule has 116 valence electrons. The van der Waals surface area contributed by atoms with Crippen LogP contribution in [-0.4, -0.2) is 22.8 Å². The molecule has 0 unspecified atom stereocenters. The number of hydrogen-bond acceptors (Lipinski definition) is 4. The van der Waals surface area contributed by atoms with Gasteiger partial charge in [0.1, 0.15) is 5.56 Å². The molecule has 0 aromatic heterocycles. The van der Waals surface area contributed by atoms with Crippen molar-refractivity contribution < 1.29 is 19.7 Å². The summed E-state index contributed by atoms with van der Waals surface area (Å²) in [6, 6.07) is 4.24. The first-order valence-corrected chi connectivity index (χ1v) is 7.23. The van der Waals surface area contributed by atoms with E-state index in [0.717, 1.165) is 19.3 Å². The molecule has 2 N–H and O–H groups in total. The van der Waals surface area contributed by atoms with Gasteiger partial charge in [-0.3, -0.25) is 0 Å². The number of esters is 1. The number of phenolic OH excluding ortho intramolecular Hbond substituents is 2. The SMILES string of the molecule is CC(C)=CCC[C@H](C)CCOC(=O)c1cccc(O)c1O.